The fourth-order valence-electron chi connectivity index (χ4n) is 2.99. The highest BCUT2D eigenvalue weighted by atomic mass is 19.1. The summed E-state index contributed by atoms with van der Waals surface area (Å²) in [5, 5.41) is 8.88. The molecule has 0 amide bonds. The molecule has 0 spiro atoms. The number of aliphatic carboxylic acids is 1. The standard InChI is InChI=1S/C17H25FN2O3/c1-19(13-17(21)22)14-5-4-9-20(10-8-14)11-12-23-16-7-3-2-6-15(16)18/h2-3,6-7,14H,4-5,8-13H2,1H3,(H,21,22). The van der Waals surface area contributed by atoms with Gasteiger partial charge in [0.05, 0.1) is 6.54 Å². The summed E-state index contributed by atoms with van der Waals surface area (Å²) in [6.45, 7) is 3.18. The van der Waals surface area contributed by atoms with E-state index in [4.69, 9.17) is 9.84 Å². The number of rotatable bonds is 7. The quantitative estimate of drug-likeness (QED) is 0.832. The zero-order valence-corrected chi connectivity index (χ0v) is 13.6. The van der Waals surface area contributed by atoms with E-state index >= 15 is 0 Å². The van der Waals surface area contributed by atoms with Gasteiger partial charge in [0.15, 0.2) is 11.6 Å². The lowest BCUT2D eigenvalue weighted by molar-refractivity contribution is -0.138. The van der Waals surface area contributed by atoms with Crippen molar-refractivity contribution in [3.63, 3.8) is 0 Å². The van der Waals surface area contributed by atoms with E-state index in [2.05, 4.69) is 4.90 Å². The molecule has 1 N–H and O–H groups in total. The Labute approximate surface area is 136 Å². The first-order valence-corrected chi connectivity index (χ1v) is 8.08. The average Bonchev–Trinajstić information content (AvgIpc) is 2.74. The Morgan fingerprint density at radius 3 is 2.91 bits per heavy atom. The van der Waals surface area contributed by atoms with Crippen LogP contribution in [0.1, 0.15) is 19.3 Å². The van der Waals surface area contributed by atoms with Crippen LogP contribution in [-0.2, 0) is 4.79 Å². The molecule has 1 aliphatic heterocycles. The summed E-state index contributed by atoms with van der Waals surface area (Å²) < 4.78 is 19.0. The van der Waals surface area contributed by atoms with E-state index in [1.165, 1.54) is 6.07 Å². The van der Waals surface area contributed by atoms with Gasteiger partial charge in [-0.25, -0.2) is 4.39 Å². The van der Waals surface area contributed by atoms with Crippen LogP contribution in [0.25, 0.3) is 0 Å². The molecule has 0 aromatic heterocycles. The summed E-state index contributed by atoms with van der Waals surface area (Å²) in [5.41, 5.74) is 0. The van der Waals surface area contributed by atoms with Crippen LogP contribution in [0.2, 0.25) is 0 Å². The van der Waals surface area contributed by atoms with E-state index in [1.54, 1.807) is 18.2 Å². The Morgan fingerprint density at radius 2 is 2.17 bits per heavy atom. The maximum Gasteiger partial charge on any atom is 0.317 e. The van der Waals surface area contributed by atoms with Crippen LogP contribution in [-0.4, -0.2) is 66.8 Å². The smallest absolute Gasteiger partial charge is 0.317 e. The Balaban J connectivity index is 1.73. The summed E-state index contributed by atoms with van der Waals surface area (Å²) in [6.07, 6.45) is 2.99. The number of carbonyl (C=O) groups is 1. The summed E-state index contributed by atoms with van der Waals surface area (Å²) >= 11 is 0. The van der Waals surface area contributed by atoms with Crippen LogP contribution in [0, 0.1) is 5.82 Å². The summed E-state index contributed by atoms with van der Waals surface area (Å²) in [4.78, 5) is 15.0. The number of likely N-dealkylation sites (N-methyl/N-ethyl adjacent to an activating group) is 1. The Kier molecular flexibility index (Phi) is 6.80. The number of halogens is 1. The van der Waals surface area contributed by atoms with Crippen molar-refractivity contribution in [2.45, 2.75) is 25.3 Å². The molecule has 1 aliphatic rings. The second-order valence-corrected chi connectivity index (χ2v) is 6.01. The van der Waals surface area contributed by atoms with E-state index in [9.17, 15) is 9.18 Å². The second-order valence-electron chi connectivity index (χ2n) is 6.01. The fourth-order valence-corrected chi connectivity index (χ4v) is 2.99. The summed E-state index contributed by atoms with van der Waals surface area (Å²) in [7, 11) is 1.87. The number of hydrogen-bond acceptors (Lipinski definition) is 4. The highest BCUT2D eigenvalue weighted by molar-refractivity contribution is 5.69. The van der Waals surface area contributed by atoms with Gasteiger partial charge in [-0.2, -0.15) is 0 Å². The summed E-state index contributed by atoms with van der Waals surface area (Å²) in [6, 6.07) is 6.74. The molecule has 0 radical (unpaired) electrons. The van der Waals surface area contributed by atoms with Gasteiger partial charge in [-0.1, -0.05) is 12.1 Å². The lowest BCUT2D eigenvalue weighted by atomic mass is 10.1. The van der Waals surface area contributed by atoms with Crippen LogP contribution in [0.15, 0.2) is 24.3 Å². The molecule has 2 rings (SSSR count). The predicted molar refractivity (Wildman–Crippen MR) is 86.2 cm³/mol. The molecule has 0 aliphatic carbocycles. The van der Waals surface area contributed by atoms with Gasteiger partial charge in [0.1, 0.15) is 6.61 Å². The minimum Gasteiger partial charge on any atom is -0.489 e. The first-order chi connectivity index (χ1) is 11.1. The van der Waals surface area contributed by atoms with Crippen molar-refractivity contribution in [3.05, 3.63) is 30.1 Å². The third-order valence-electron chi connectivity index (χ3n) is 4.30. The van der Waals surface area contributed by atoms with Gasteiger partial charge >= 0.3 is 5.97 Å². The van der Waals surface area contributed by atoms with Gasteiger partial charge < -0.3 is 9.84 Å². The van der Waals surface area contributed by atoms with Crippen molar-refractivity contribution < 1.29 is 19.0 Å². The molecule has 1 unspecified atom stereocenters. The van der Waals surface area contributed by atoms with Gasteiger partial charge in [-0.05, 0) is 51.5 Å². The zero-order chi connectivity index (χ0) is 16.7. The molecule has 5 nitrogen and oxygen atoms in total. The Bertz CT molecular complexity index is 512. The first-order valence-electron chi connectivity index (χ1n) is 8.08. The Morgan fingerprint density at radius 1 is 1.39 bits per heavy atom. The SMILES string of the molecule is CN(CC(=O)O)C1CCCN(CCOc2ccccc2F)CC1. The van der Waals surface area contributed by atoms with Crippen molar-refractivity contribution in [1.82, 2.24) is 9.80 Å². The van der Waals surface area contributed by atoms with E-state index in [-0.39, 0.29) is 12.4 Å². The number of para-hydroxylation sites is 1. The molecule has 0 saturated carbocycles. The lowest BCUT2D eigenvalue weighted by Gasteiger charge is -2.25. The van der Waals surface area contributed by atoms with Crippen LogP contribution >= 0.6 is 0 Å². The van der Waals surface area contributed by atoms with E-state index in [0.29, 0.717) is 18.4 Å². The molecule has 1 atom stereocenters. The first kappa shape index (κ1) is 17.7. The van der Waals surface area contributed by atoms with Crippen molar-refractivity contribution in [1.29, 1.82) is 0 Å². The van der Waals surface area contributed by atoms with Crippen LogP contribution in [0.4, 0.5) is 4.39 Å². The van der Waals surface area contributed by atoms with E-state index in [1.807, 2.05) is 11.9 Å². The van der Waals surface area contributed by atoms with Crippen molar-refractivity contribution in [3.8, 4) is 5.75 Å². The normalized spacial score (nSPS) is 19.5. The van der Waals surface area contributed by atoms with Gasteiger partial charge in [-0.3, -0.25) is 14.6 Å². The van der Waals surface area contributed by atoms with Gasteiger partial charge in [-0.15, -0.1) is 0 Å². The third kappa shape index (κ3) is 5.80. The van der Waals surface area contributed by atoms with E-state index in [0.717, 1.165) is 38.9 Å². The van der Waals surface area contributed by atoms with Crippen molar-refractivity contribution in [2.24, 2.45) is 0 Å². The number of nitrogens with zero attached hydrogens (tertiary/aromatic N) is 2. The topological polar surface area (TPSA) is 53.0 Å². The molecule has 6 heteroatoms. The largest absolute Gasteiger partial charge is 0.489 e. The fraction of sp³-hybridized carbons (Fsp3) is 0.588. The minimum atomic E-state index is -0.785. The molecular weight excluding hydrogens is 299 g/mol. The number of likely N-dealkylation sites (tertiary alicyclic amines) is 1. The summed E-state index contributed by atoms with van der Waals surface area (Å²) in [5.74, 6) is -0.827. The van der Waals surface area contributed by atoms with Gasteiger partial charge in [0.25, 0.3) is 0 Å². The number of ether oxygens (including phenoxy) is 1. The van der Waals surface area contributed by atoms with Crippen molar-refractivity contribution in [2.75, 3.05) is 39.8 Å². The predicted octanol–water partition coefficient (Wildman–Crippen LogP) is 2.08. The lowest BCUT2D eigenvalue weighted by Crippen LogP contribution is -2.37. The van der Waals surface area contributed by atoms with Gasteiger partial charge in [0.2, 0.25) is 0 Å². The van der Waals surface area contributed by atoms with Gasteiger partial charge in [0, 0.05) is 12.6 Å². The molecule has 1 fully saturated rings. The molecule has 0 bridgehead atoms. The number of benzene rings is 1. The highest BCUT2D eigenvalue weighted by Gasteiger charge is 2.21. The van der Waals surface area contributed by atoms with Crippen molar-refractivity contribution >= 4 is 5.97 Å². The van der Waals surface area contributed by atoms with Crippen LogP contribution in [0.5, 0.6) is 5.75 Å². The third-order valence-corrected chi connectivity index (χ3v) is 4.30. The Hall–Kier alpha value is -1.66. The second kappa shape index (κ2) is 8.84. The van der Waals surface area contributed by atoms with E-state index < -0.39 is 5.97 Å². The monoisotopic (exact) mass is 324 g/mol. The molecule has 23 heavy (non-hydrogen) atoms. The molecule has 1 aromatic rings. The molecule has 1 heterocycles. The zero-order valence-electron chi connectivity index (χ0n) is 13.6. The van der Waals surface area contributed by atoms with Crippen LogP contribution < -0.4 is 4.74 Å². The number of hydrogen-bond donors (Lipinski definition) is 1. The van der Waals surface area contributed by atoms with Crippen LogP contribution in [0.3, 0.4) is 0 Å². The number of carboxylic acid groups (broad SMARTS) is 1. The molecular formula is C17H25FN2O3. The molecule has 128 valence electrons. The number of carboxylic acids is 1. The molecule has 1 aromatic carbocycles. The highest BCUT2D eigenvalue weighted by Crippen LogP contribution is 2.17. The maximum absolute atomic E-state index is 13.5. The maximum atomic E-state index is 13.5. The molecule has 1 saturated heterocycles. The average molecular weight is 324 g/mol. The minimum absolute atomic E-state index is 0.0844.